The highest BCUT2D eigenvalue weighted by atomic mass is 15.1. The first-order chi connectivity index (χ1) is 9.56. The van der Waals surface area contributed by atoms with Crippen LogP contribution in [0.2, 0.25) is 0 Å². The summed E-state index contributed by atoms with van der Waals surface area (Å²) in [4.78, 5) is 4.59. The van der Waals surface area contributed by atoms with Gasteiger partial charge in [-0.15, -0.1) is 0 Å². The molecular weight excluding hydrogens is 246 g/mol. The van der Waals surface area contributed by atoms with E-state index in [2.05, 4.69) is 47.7 Å². The van der Waals surface area contributed by atoms with Gasteiger partial charge in [-0.25, -0.2) is 4.98 Å². The molecule has 0 fully saturated rings. The van der Waals surface area contributed by atoms with Crippen molar-refractivity contribution < 1.29 is 0 Å². The Balaban J connectivity index is 2.16. The van der Waals surface area contributed by atoms with E-state index in [0.717, 1.165) is 28.2 Å². The maximum atomic E-state index is 5.83. The molecule has 3 nitrogen and oxygen atoms in total. The topological polar surface area (TPSA) is 43.8 Å². The number of nitrogens with two attached hydrogens (primary N) is 1. The molecule has 0 unspecified atom stereocenters. The molecule has 3 heteroatoms. The first-order valence-corrected chi connectivity index (χ1v) is 6.91. The first-order valence-electron chi connectivity index (χ1n) is 6.91. The second-order valence-electron chi connectivity index (χ2n) is 5.49. The Kier molecular flexibility index (Phi) is 2.97. The van der Waals surface area contributed by atoms with Gasteiger partial charge in [-0.3, -0.25) is 4.57 Å². The zero-order valence-corrected chi connectivity index (χ0v) is 12.1. The Hall–Kier alpha value is -2.29. The summed E-state index contributed by atoms with van der Waals surface area (Å²) in [7, 11) is 0. The third-order valence-corrected chi connectivity index (χ3v) is 3.66. The third kappa shape index (κ3) is 2.05. The fourth-order valence-corrected chi connectivity index (χ4v) is 2.55. The van der Waals surface area contributed by atoms with Crippen LogP contribution >= 0.6 is 0 Å². The van der Waals surface area contributed by atoms with Gasteiger partial charge >= 0.3 is 0 Å². The minimum absolute atomic E-state index is 0.546. The Morgan fingerprint density at radius 1 is 1.05 bits per heavy atom. The number of benzene rings is 2. The van der Waals surface area contributed by atoms with Gasteiger partial charge in [0.2, 0.25) is 0 Å². The Morgan fingerprint density at radius 3 is 2.40 bits per heavy atom. The summed E-state index contributed by atoms with van der Waals surface area (Å²) in [5.74, 6) is 1.52. The molecular formula is C17H19N3. The van der Waals surface area contributed by atoms with Crippen molar-refractivity contribution in [3.63, 3.8) is 0 Å². The molecule has 20 heavy (non-hydrogen) atoms. The summed E-state index contributed by atoms with van der Waals surface area (Å²) in [6, 6.07) is 14.5. The van der Waals surface area contributed by atoms with Crippen LogP contribution in [-0.4, -0.2) is 9.55 Å². The maximum Gasteiger partial charge on any atom is 0.111 e. The number of hydrogen-bond donors (Lipinski definition) is 1. The average molecular weight is 265 g/mol. The van der Waals surface area contributed by atoms with Gasteiger partial charge in [0.25, 0.3) is 0 Å². The van der Waals surface area contributed by atoms with Crippen molar-refractivity contribution in [3.05, 3.63) is 53.9 Å². The van der Waals surface area contributed by atoms with E-state index in [1.165, 1.54) is 5.56 Å². The largest absolute Gasteiger partial charge is 0.399 e. The van der Waals surface area contributed by atoms with Gasteiger partial charge in [-0.2, -0.15) is 0 Å². The van der Waals surface area contributed by atoms with Crippen LogP contribution in [0.4, 0.5) is 5.69 Å². The van der Waals surface area contributed by atoms with E-state index < -0.39 is 0 Å². The van der Waals surface area contributed by atoms with E-state index in [9.17, 15) is 0 Å². The number of aryl methyl sites for hydroxylation is 1. The summed E-state index contributed by atoms with van der Waals surface area (Å²) in [5, 5.41) is 0. The predicted molar refractivity (Wildman–Crippen MR) is 84.3 cm³/mol. The van der Waals surface area contributed by atoms with Gasteiger partial charge in [0.1, 0.15) is 5.82 Å². The average Bonchev–Trinajstić information content (AvgIpc) is 2.73. The van der Waals surface area contributed by atoms with Crippen LogP contribution in [0, 0.1) is 6.92 Å². The normalized spacial score (nSPS) is 11.4. The molecule has 2 N–H and O–H groups in total. The van der Waals surface area contributed by atoms with E-state index in [0.29, 0.717) is 5.92 Å². The fourth-order valence-electron chi connectivity index (χ4n) is 2.55. The van der Waals surface area contributed by atoms with Gasteiger partial charge in [-0.1, -0.05) is 26.0 Å². The van der Waals surface area contributed by atoms with Crippen molar-refractivity contribution >= 4 is 16.7 Å². The van der Waals surface area contributed by atoms with Gasteiger partial charge < -0.3 is 5.73 Å². The van der Waals surface area contributed by atoms with Crippen molar-refractivity contribution in [2.75, 3.05) is 5.73 Å². The van der Waals surface area contributed by atoms with Gasteiger partial charge in [0, 0.05) is 11.4 Å². The lowest BCUT2D eigenvalue weighted by Crippen LogP contribution is -1.97. The summed E-state index contributed by atoms with van der Waals surface area (Å²) in [6.07, 6.45) is 0. The SMILES string of the molecule is Cc1nc2cc(N)ccc2n1-c1ccc(C(C)C)cc1. The summed E-state index contributed by atoms with van der Waals surface area (Å²) in [6.45, 7) is 6.43. The highest BCUT2D eigenvalue weighted by Crippen LogP contribution is 2.24. The molecule has 0 saturated carbocycles. The zero-order valence-electron chi connectivity index (χ0n) is 12.1. The second kappa shape index (κ2) is 4.67. The minimum atomic E-state index is 0.546. The number of nitrogens with zero attached hydrogens (tertiary/aromatic N) is 2. The van der Waals surface area contributed by atoms with Crippen molar-refractivity contribution in [1.29, 1.82) is 0 Å². The Bertz CT molecular complexity index is 752. The number of imidazole rings is 1. The molecule has 0 amide bonds. The quantitative estimate of drug-likeness (QED) is 0.711. The third-order valence-electron chi connectivity index (χ3n) is 3.66. The van der Waals surface area contributed by atoms with Crippen LogP contribution in [0.1, 0.15) is 31.2 Å². The smallest absolute Gasteiger partial charge is 0.111 e. The highest BCUT2D eigenvalue weighted by Gasteiger charge is 2.09. The molecule has 0 saturated heterocycles. The molecule has 0 aliphatic heterocycles. The van der Waals surface area contributed by atoms with Crippen molar-refractivity contribution in [2.24, 2.45) is 0 Å². The molecule has 102 valence electrons. The lowest BCUT2D eigenvalue weighted by molar-refractivity contribution is 0.864. The minimum Gasteiger partial charge on any atom is -0.399 e. The van der Waals surface area contributed by atoms with Crippen LogP contribution in [-0.2, 0) is 0 Å². The lowest BCUT2D eigenvalue weighted by atomic mass is 10.0. The standard InChI is InChI=1S/C17H19N3/c1-11(2)13-4-7-15(8-5-13)20-12(3)19-16-10-14(18)6-9-17(16)20/h4-11H,18H2,1-3H3. The van der Waals surface area contributed by atoms with E-state index >= 15 is 0 Å². The fraction of sp³-hybridized carbons (Fsp3) is 0.235. The zero-order chi connectivity index (χ0) is 14.3. The van der Waals surface area contributed by atoms with E-state index in [-0.39, 0.29) is 0 Å². The molecule has 2 aromatic carbocycles. The van der Waals surface area contributed by atoms with Crippen molar-refractivity contribution in [1.82, 2.24) is 9.55 Å². The summed E-state index contributed by atoms with van der Waals surface area (Å²) < 4.78 is 2.17. The van der Waals surface area contributed by atoms with Crippen LogP contribution in [0.15, 0.2) is 42.5 Å². The van der Waals surface area contributed by atoms with Crippen LogP contribution in [0.25, 0.3) is 16.7 Å². The number of aromatic nitrogens is 2. The number of anilines is 1. The van der Waals surface area contributed by atoms with Gasteiger partial charge in [-0.05, 0) is 48.7 Å². The first kappa shape index (κ1) is 12.7. The predicted octanol–water partition coefficient (Wildman–Crippen LogP) is 4.04. The van der Waals surface area contributed by atoms with Crippen LogP contribution in [0.5, 0.6) is 0 Å². The summed E-state index contributed by atoms with van der Waals surface area (Å²) >= 11 is 0. The number of nitrogen functional groups attached to an aromatic ring is 1. The molecule has 0 aliphatic rings. The summed E-state index contributed by atoms with van der Waals surface area (Å²) in [5.41, 5.74) is 11.1. The number of fused-ring (bicyclic) bond motifs is 1. The van der Waals surface area contributed by atoms with Gasteiger partial charge in [0.05, 0.1) is 11.0 Å². The van der Waals surface area contributed by atoms with Crippen LogP contribution < -0.4 is 5.73 Å². The molecule has 0 radical (unpaired) electrons. The Morgan fingerprint density at radius 2 is 1.75 bits per heavy atom. The molecule has 1 heterocycles. The Labute approximate surface area is 119 Å². The van der Waals surface area contributed by atoms with E-state index in [1.807, 2.05) is 25.1 Å². The number of rotatable bonds is 2. The molecule has 0 bridgehead atoms. The monoisotopic (exact) mass is 265 g/mol. The highest BCUT2D eigenvalue weighted by molar-refractivity contribution is 5.81. The van der Waals surface area contributed by atoms with E-state index in [1.54, 1.807) is 0 Å². The van der Waals surface area contributed by atoms with E-state index in [4.69, 9.17) is 5.73 Å². The maximum absolute atomic E-state index is 5.83. The second-order valence-corrected chi connectivity index (χ2v) is 5.49. The van der Waals surface area contributed by atoms with Crippen molar-refractivity contribution in [3.8, 4) is 5.69 Å². The number of hydrogen-bond acceptors (Lipinski definition) is 2. The van der Waals surface area contributed by atoms with Crippen molar-refractivity contribution in [2.45, 2.75) is 26.7 Å². The molecule has 0 aliphatic carbocycles. The van der Waals surface area contributed by atoms with Gasteiger partial charge in [0.15, 0.2) is 0 Å². The van der Waals surface area contributed by atoms with Crippen LogP contribution in [0.3, 0.4) is 0 Å². The molecule has 3 rings (SSSR count). The lowest BCUT2D eigenvalue weighted by Gasteiger charge is -2.10. The molecule has 0 spiro atoms. The molecule has 1 aromatic heterocycles. The molecule has 0 atom stereocenters. The molecule has 3 aromatic rings.